The summed E-state index contributed by atoms with van der Waals surface area (Å²) in [6.07, 6.45) is 6.79. The molecule has 0 aromatic heterocycles. The monoisotopic (exact) mass is 454 g/mol. The molecule has 2 aromatic carbocycles. The number of piperidine rings is 1. The highest BCUT2D eigenvalue weighted by Gasteiger charge is 2.28. The van der Waals surface area contributed by atoms with E-state index in [1.54, 1.807) is 36.4 Å². The molecule has 2 aromatic rings. The van der Waals surface area contributed by atoms with E-state index in [0.29, 0.717) is 13.1 Å². The lowest BCUT2D eigenvalue weighted by Gasteiger charge is -2.31. The third-order valence-corrected chi connectivity index (χ3v) is 7.58. The second kappa shape index (κ2) is 9.46. The first kappa shape index (κ1) is 22.6. The normalized spacial score (nSPS) is 17.6. The lowest BCUT2D eigenvalue weighted by molar-refractivity contribution is -0.127. The van der Waals surface area contributed by atoms with Crippen molar-refractivity contribution in [2.75, 3.05) is 13.1 Å². The van der Waals surface area contributed by atoms with Gasteiger partial charge in [0, 0.05) is 38.0 Å². The fourth-order valence-corrected chi connectivity index (χ4v) is 5.00. The number of carbonyl (C=O) groups is 1. The molecule has 1 saturated carbocycles. The van der Waals surface area contributed by atoms with Crippen LogP contribution in [-0.2, 0) is 14.8 Å². The summed E-state index contributed by atoms with van der Waals surface area (Å²) in [6, 6.07) is 12.8. The minimum atomic E-state index is -3.46. The fraction of sp³-hybridized carbons (Fsp3) is 0.400. The van der Waals surface area contributed by atoms with Gasteiger partial charge < -0.3 is 9.64 Å². The molecule has 1 N–H and O–H groups in total. The van der Waals surface area contributed by atoms with Crippen LogP contribution in [-0.4, -0.2) is 44.5 Å². The SMILES string of the molecule is Cc1ccc(OC2CCN(C(=O)/C=C/c3ccc(S(=O)(=O)NC4CC4)cc3)CC2)cc1C. The molecule has 2 aliphatic rings. The third kappa shape index (κ3) is 5.78. The van der Waals surface area contributed by atoms with Gasteiger partial charge in [0.25, 0.3) is 0 Å². The van der Waals surface area contributed by atoms with Crippen LogP contribution in [0.15, 0.2) is 53.4 Å². The predicted molar refractivity (Wildman–Crippen MR) is 125 cm³/mol. The van der Waals surface area contributed by atoms with E-state index >= 15 is 0 Å². The molecule has 6 nitrogen and oxygen atoms in total. The summed E-state index contributed by atoms with van der Waals surface area (Å²) < 4.78 is 33.3. The van der Waals surface area contributed by atoms with Gasteiger partial charge in [-0.05, 0) is 73.7 Å². The maximum absolute atomic E-state index is 12.6. The molecule has 0 unspecified atom stereocenters. The zero-order valence-electron chi connectivity index (χ0n) is 18.6. The van der Waals surface area contributed by atoms with Gasteiger partial charge in [0.15, 0.2) is 0 Å². The van der Waals surface area contributed by atoms with Crippen LogP contribution < -0.4 is 9.46 Å². The first-order chi connectivity index (χ1) is 15.3. The molecule has 0 spiro atoms. The number of hydrogen-bond donors (Lipinski definition) is 1. The Morgan fingerprint density at radius 1 is 1.00 bits per heavy atom. The van der Waals surface area contributed by atoms with Gasteiger partial charge in [-0.3, -0.25) is 4.79 Å². The van der Waals surface area contributed by atoms with Crippen LogP contribution in [0.1, 0.15) is 42.4 Å². The summed E-state index contributed by atoms with van der Waals surface area (Å²) in [5.41, 5.74) is 3.25. The highest BCUT2D eigenvalue weighted by molar-refractivity contribution is 7.89. The molecule has 2 fully saturated rings. The maximum atomic E-state index is 12.6. The molecule has 0 radical (unpaired) electrons. The van der Waals surface area contributed by atoms with Gasteiger partial charge in [0.2, 0.25) is 15.9 Å². The van der Waals surface area contributed by atoms with E-state index in [9.17, 15) is 13.2 Å². The van der Waals surface area contributed by atoms with Crippen LogP contribution in [0.25, 0.3) is 6.08 Å². The van der Waals surface area contributed by atoms with Gasteiger partial charge in [0.05, 0.1) is 4.90 Å². The number of likely N-dealkylation sites (tertiary alicyclic amines) is 1. The zero-order valence-corrected chi connectivity index (χ0v) is 19.4. The molecule has 1 amide bonds. The first-order valence-corrected chi connectivity index (χ1v) is 12.6. The Bertz CT molecular complexity index is 1100. The lowest BCUT2D eigenvalue weighted by atomic mass is 10.1. The summed E-state index contributed by atoms with van der Waals surface area (Å²) >= 11 is 0. The van der Waals surface area contributed by atoms with Crippen LogP contribution in [0.5, 0.6) is 5.75 Å². The van der Waals surface area contributed by atoms with Crippen molar-refractivity contribution in [3.05, 3.63) is 65.2 Å². The van der Waals surface area contributed by atoms with Gasteiger partial charge in [-0.1, -0.05) is 18.2 Å². The standard InChI is InChI=1S/C25H30N2O4S/c1-18-3-9-23(17-19(18)2)31-22-13-15-27(16-14-22)25(28)12-6-20-4-10-24(11-5-20)32(29,30)26-21-7-8-21/h3-6,9-12,17,21-22,26H,7-8,13-16H2,1-2H3/b12-6+. The Balaban J connectivity index is 1.27. The van der Waals surface area contributed by atoms with Crippen LogP contribution in [0, 0.1) is 13.8 Å². The van der Waals surface area contributed by atoms with Gasteiger partial charge in [0.1, 0.15) is 11.9 Å². The Labute approximate surface area is 190 Å². The number of nitrogens with zero attached hydrogens (tertiary/aromatic N) is 1. The Morgan fingerprint density at radius 2 is 1.69 bits per heavy atom. The van der Waals surface area contributed by atoms with Crippen LogP contribution >= 0.6 is 0 Å². The average Bonchev–Trinajstić information content (AvgIpc) is 3.59. The van der Waals surface area contributed by atoms with Gasteiger partial charge in [-0.25, -0.2) is 13.1 Å². The highest BCUT2D eigenvalue weighted by Crippen LogP contribution is 2.23. The van der Waals surface area contributed by atoms with Crippen molar-refractivity contribution in [1.82, 2.24) is 9.62 Å². The topological polar surface area (TPSA) is 75.7 Å². The Hall–Kier alpha value is -2.64. The minimum Gasteiger partial charge on any atom is -0.490 e. The number of sulfonamides is 1. The number of hydrogen-bond acceptors (Lipinski definition) is 4. The van der Waals surface area contributed by atoms with Crippen LogP contribution in [0.3, 0.4) is 0 Å². The van der Waals surface area contributed by atoms with Crippen molar-refractivity contribution in [1.29, 1.82) is 0 Å². The molecule has 0 bridgehead atoms. The Morgan fingerprint density at radius 3 is 2.31 bits per heavy atom. The molecule has 32 heavy (non-hydrogen) atoms. The van der Waals surface area contributed by atoms with Crippen LogP contribution in [0.2, 0.25) is 0 Å². The van der Waals surface area contributed by atoms with Gasteiger partial charge in [-0.15, -0.1) is 0 Å². The predicted octanol–water partition coefficient (Wildman–Crippen LogP) is 3.83. The first-order valence-electron chi connectivity index (χ1n) is 11.1. The van der Waals surface area contributed by atoms with Crippen LogP contribution in [0.4, 0.5) is 0 Å². The summed E-state index contributed by atoms with van der Waals surface area (Å²) in [4.78, 5) is 14.6. The Kier molecular flexibility index (Phi) is 6.67. The lowest BCUT2D eigenvalue weighted by Crippen LogP contribution is -2.41. The van der Waals surface area contributed by atoms with Crippen molar-refractivity contribution >= 4 is 22.0 Å². The number of ether oxygens (including phenoxy) is 1. The van der Waals surface area contributed by atoms with Gasteiger partial charge in [-0.2, -0.15) is 0 Å². The summed E-state index contributed by atoms with van der Waals surface area (Å²) in [6.45, 7) is 5.47. The largest absolute Gasteiger partial charge is 0.490 e. The summed E-state index contributed by atoms with van der Waals surface area (Å²) in [7, 11) is -3.46. The van der Waals surface area contributed by atoms with E-state index in [1.807, 2.05) is 11.0 Å². The maximum Gasteiger partial charge on any atom is 0.246 e. The second-order valence-electron chi connectivity index (χ2n) is 8.69. The van der Waals surface area contributed by atoms with Crippen molar-refractivity contribution in [3.8, 4) is 5.75 Å². The number of amides is 1. The molecular formula is C25H30N2O4S. The zero-order chi connectivity index (χ0) is 22.7. The molecule has 1 aliphatic heterocycles. The number of carbonyl (C=O) groups excluding carboxylic acids is 1. The quantitative estimate of drug-likeness (QED) is 0.645. The van der Waals surface area contributed by atoms with E-state index in [0.717, 1.165) is 37.0 Å². The van der Waals surface area contributed by atoms with Crippen molar-refractivity contribution < 1.29 is 17.9 Å². The summed E-state index contributed by atoms with van der Waals surface area (Å²) in [5, 5.41) is 0. The number of aryl methyl sites for hydroxylation is 2. The van der Waals surface area contributed by atoms with Crippen molar-refractivity contribution in [2.45, 2.75) is 56.6 Å². The molecule has 4 rings (SSSR count). The van der Waals surface area contributed by atoms with E-state index in [-0.39, 0.29) is 22.9 Å². The van der Waals surface area contributed by atoms with E-state index in [4.69, 9.17) is 4.74 Å². The van der Waals surface area contributed by atoms with E-state index < -0.39 is 10.0 Å². The molecule has 0 atom stereocenters. The van der Waals surface area contributed by atoms with E-state index in [1.165, 1.54) is 11.1 Å². The number of nitrogens with one attached hydrogen (secondary N) is 1. The van der Waals surface area contributed by atoms with E-state index in [2.05, 4.69) is 30.7 Å². The molecular weight excluding hydrogens is 424 g/mol. The smallest absolute Gasteiger partial charge is 0.246 e. The third-order valence-electron chi connectivity index (χ3n) is 6.04. The van der Waals surface area contributed by atoms with Crippen molar-refractivity contribution in [2.24, 2.45) is 0 Å². The second-order valence-corrected chi connectivity index (χ2v) is 10.4. The number of rotatable bonds is 7. The average molecular weight is 455 g/mol. The van der Waals surface area contributed by atoms with Gasteiger partial charge >= 0.3 is 0 Å². The molecule has 1 heterocycles. The highest BCUT2D eigenvalue weighted by atomic mass is 32.2. The molecule has 1 saturated heterocycles. The molecule has 7 heteroatoms. The van der Waals surface area contributed by atoms with Crippen molar-refractivity contribution in [3.63, 3.8) is 0 Å². The fourth-order valence-electron chi connectivity index (χ4n) is 3.69. The molecule has 1 aliphatic carbocycles. The number of benzene rings is 2. The summed E-state index contributed by atoms with van der Waals surface area (Å²) in [5.74, 6) is 0.845. The molecule has 170 valence electrons. The minimum absolute atomic E-state index is 0.0401.